The number of aromatic nitrogens is 3. The highest BCUT2D eigenvalue weighted by molar-refractivity contribution is 5.33. The van der Waals surface area contributed by atoms with E-state index in [2.05, 4.69) is 15.2 Å². The second-order valence-corrected chi connectivity index (χ2v) is 6.81. The van der Waals surface area contributed by atoms with Crippen molar-refractivity contribution in [1.29, 1.82) is 0 Å². The Balaban J connectivity index is 2.08. The van der Waals surface area contributed by atoms with E-state index in [4.69, 9.17) is 9.47 Å². The number of benzene rings is 1. The average Bonchev–Trinajstić information content (AvgIpc) is 3.15. The number of nitrogens with zero attached hydrogens (tertiary/aromatic N) is 2. The van der Waals surface area contributed by atoms with Gasteiger partial charge in [-0.25, -0.2) is 4.98 Å². The number of alkyl halides is 3. The highest BCUT2D eigenvalue weighted by Gasteiger charge is 2.54. The minimum Gasteiger partial charge on any atom is -0.384 e. The molecule has 1 aliphatic heterocycles. The molecular weight excluding hydrogens is 351 g/mol. The van der Waals surface area contributed by atoms with Gasteiger partial charge in [-0.3, -0.25) is 5.10 Å². The van der Waals surface area contributed by atoms with Gasteiger partial charge in [0.25, 0.3) is 0 Å². The first-order valence-electron chi connectivity index (χ1n) is 8.09. The van der Waals surface area contributed by atoms with Crippen LogP contribution in [0.15, 0.2) is 30.6 Å². The minimum absolute atomic E-state index is 0.107. The van der Waals surface area contributed by atoms with Crippen LogP contribution in [0.25, 0.3) is 0 Å². The second-order valence-electron chi connectivity index (χ2n) is 6.81. The molecule has 1 saturated heterocycles. The van der Waals surface area contributed by atoms with Crippen LogP contribution in [0.2, 0.25) is 0 Å². The number of hydrogen-bond acceptors (Lipinski definition) is 5. The van der Waals surface area contributed by atoms with Crippen molar-refractivity contribution in [2.45, 2.75) is 31.5 Å². The number of hydrogen-bond donors (Lipinski definition) is 2. The molecule has 2 N–H and O–H groups in total. The Kier molecular flexibility index (Phi) is 4.80. The van der Waals surface area contributed by atoms with Gasteiger partial charge in [0.05, 0.1) is 18.8 Å². The third-order valence-electron chi connectivity index (χ3n) is 5.05. The van der Waals surface area contributed by atoms with Gasteiger partial charge in [-0.15, -0.1) is 0 Å². The van der Waals surface area contributed by atoms with Crippen molar-refractivity contribution in [2.24, 2.45) is 5.41 Å². The summed E-state index contributed by atoms with van der Waals surface area (Å²) in [7, 11) is 0. The molecule has 1 aliphatic rings. The molecule has 2 unspecified atom stereocenters. The highest BCUT2D eigenvalue weighted by Crippen LogP contribution is 2.50. The third-order valence-corrected chi connectivity index (χ3v) is 5.05. The SMILES string of the molecule is CC(c1ncn[nH]1)C(O)(c1ccc(C(F)(F)F)cc1)C1(C)COCOC1. The first-order chi connectivity index (χ1) is 12.2. The molecule has 2 heterocycles. The standard InChI is InChI=1S/C17H20F3N3O3/c1-11(14-21-9-22-23-14)16(24,15(2)7-25-10-26-8-15)12-3-5-13(6-4-12)17(18,19)20/h3-6,9,11,24H,7-8,10H2,1-2H3,(H,21,22,23). The van der Waals surface area contributed by atoms with Crippen molar-refractivity contribution in [2.75, 3.05) is 20.0 Å². The molecule has 0 saturated carbocycles. The first-order valence-corrected chi connectivity index (χ1v) is 8.09. The maximum atomic E-state index is 12.9. The summed E-state index contributed by atoms with van der Waals surface area (Å²) in [6.45, 7) is 3.98. The fourth-order valence-corrected chi connectivity index (χ4v) is 3.51. The maximum Gasteiger partial charge on any atom is 0.416 e. The van der Waals surface area contributed by atoms with Gasteiger partial charge in [0.2, 0.25) is 0 Å². The lowest BCUT2D eigenvalue weighted by Crippen LogP contribution is -2.55. The van der Waals surface area contributed by atoms with Crippen LogP contribution >= 0.6 is 0 Å². The van der Waals surface area contributed by atoms with Gasteiger partial charge < -0.3 is 14.6 Å². The molecular formula is C17H20F3N3O3. The highest BCUT2D eigenvalue weighted by atomic mass is 19.4. The largest absolute Gasteiger partial charge is 0.416 e. The van der Waals surface area contributed by atoms with Crippen LogP contribution in [-0.4, -0.2) is 40.3 Å². The number of aromatic amines is 1. The molecule has 0 spiro atoms. The van der Waals surface area contributed by atoms with Gasteiger partial charge in [0.15, 0.2) is 0 Å². The molecule has 1 fully saturated rings. The third kappa shape index (κ3) is 3.10. The molecule has 0 aliphatic carbocycles. The predicted molar refractivity (Wildman–Crippen MR) is 85.0 cm³/mol. The predicted octanol–water partition coefficient (Wildman–Crippen LogP) is 2.83. The van der Waals surface area contributed by atoms with E-state index >= 15 is 0 Å². The maximum absolute atomic E-state index is 12.9. The quantitative estimate of drug-likeness (QED) is 0.864. The van der Waals surface area contributed by atoms with Crippen LogP contribution in [0.4, 0.5) is 13.2 Å². The minimum atomic E-state index is -4.45. The monoisotopic (exact) mass is 371 g/mol. The second kappa shape index (κ2) is 6.64. The van der Waals surface area contributed by atoms with Crippen LogP contribution < -0.4 is 0 Å². The summed E-state index contributed by atoms with van der Waals surface area (Å²) in [4.78, 5) is 4.10. The summed E-state index contributed by atoms with van der Waals surface area (Å²) in [5.74, 6) is -0.184. The van der Waals surface area contributed by atoms with Gasteiger partial charge in [0, 0.05) is 11.3 Å². The fourth-order valence-electron chi connectivity index (χ4n) is 3.51. The molecule has 26 heavy (non-hydrogen) atoms. The Labute approximate surface area is 148 Å². The summed E-state index contributed by atoms with van der Waals surface area (Å²) in [5.41, 5.74) is -2.96. The van der Waals surface area contributed by atoms with Crippen LogP contribution in [0.5, 0.6) is 0 Å². The van der Waals surface area contributed by atoms with Crippen molar-refractivity contribution in [3.8, 4) is 0 Å². The lowest BCUT2D eigenvalue weighted by atomic mass is 9.63. The zero-order chi connectivity index (χ0) is 19.0. The molecule has 1 aromatic carbocycles. The van der Waals surface area contributed by atoms with Crippen molar-refractivity contribution < 1.29 is 27.8 Å². The molecule has 2 aromatic rings. The summed E-state index contributed by atoms with van der Waals surface area (Å²) >= 11 is 0. The van der Waals surface area contributed by atoms with Crippen molar-refractivity contribution in [3.63, 3.8) is 0 Å². The lowest BCUT2D eigenvalue weighted by molar-refractivity contribution is -0.232. The van der Waals surface area contributed by atoms with E-state index in [1.54, 1.807) is 13.8 Å². The van der Waals surface area contributed by atoms with Gasteiger partial charge in [0.1, 0.15) is 24.5 Å². The van der Waals surface area contributed by atoms with Gasteiger partial charge >= 0.3 is 6.18 Å². The van der Waals surface area contributed by atoms with Crippen LogP contribution in [-0.2, 0) is 21.3 Å². The van der Waals surface area contributed by atoms with Gasteiger partial charge in [-0.1, -0.05) is 26.0 Å². The van der Waals surface area contributed by atoms with Crippen molar-refractivity contribution in [3.05, 3.63) is 47.5 Å². The number of aliphatic hydroxyl groups is 1. The molecule has 3 rings (SSSR count). The average molecular weight is 371 g/mol. The molecule has 0 bridgehead atoms. The first kappa shape index (κ1) is 18.8. The smallest absolute Gasteiger partial charge is 0.384 e. The Hall–Kier alpha value is -1.97. The normalized spacial score (nSPS) is 21.2. The van der Waals surface area contributed by atoms with E-state index in [1.807, 2.05) is 0 Å². The van der Waals surface area contributed by atoms with Crippen LogP contribution in [0, 0.1) is 5.41 Å². The number of rotatable bonds is 4. The molecule has 2 atom stereocenters. The zero-order valence-electron chi connectivity index (χ0n) is 14.4. The van der Waals surface area contributed by atoms with Crippen LogP contribution in [0.3, 0.4) is 0 Å². The van der Waals surface area contributed by atoms with E-state index < -0.39 is 28.7 Å². The molecule has 9 heteroatoms. The van der Waals surface area contributed by atoms with Crippen LogP contribution in [0.1, 0.15) is 36.7 Å². The molecule has 6 nitrogen and oxygen atoms in total. The molecule has 0 amide bonds. The van der Waals surface area contributed by atoms with Crippen molar-refractivity contribution >= 4 is 0 Å². The van der Waals surface area contributed by atoms with E-state index in [0.29, 0.717) is 11.4 Å². The molecule has 0 radical (unpaired) electrons. The van der Waals surface area contributed by atoms with Crippen molar-refractivity contribution in [1.82, 2.24) is 15.2 Å². The lowest BCUT2D eigenvalue weighted by Gasteiger charge is -2.49. The summed E-state index contributed by atoms with van der Waals surface area (Å²) < 4.78 is 49.5. The summed E-state index contributed by atoms with van der Waals surface area (Å²) in [6.07, 6.45) is -3.14. The molecule has 142 valence electrons. The Morgan fingerprint density at radius 1 is 1.15 bits per heavy atom. The van der Waals surface area contributed by atoms with E-state index in [-0.39, 0.29) is 20.0 Å². The molecule has 1 aromatic heterocycles. The Bertz CT molecular complexity index is 728. The van der Waals surface area contributed by atoms with E-state index in [9.17, 15) is 18.3 Å². The number of ether oxygens (including phenoxy) is 2. The fraction of sp³-hybridized carbons (Fsp3) is 0.529. The van der Waals surface area contributed by atoms with E-state index in [0.717, 1.165) is 12.1 Å². The van der Waals surface area contributed by atoms with Gasteiger partial charge in [-0.05, 0) is 17.7 Å². The summed E-state index contributed by atoms with van der Waals surface area (Å²) in [6, 6.07) is 4.49. The van der Waals surface area contributed by atoms with Gasteiger partial charge in [-0.2, -0.15) is 18.3 Å². The zero-order valence-corrected chi connectivity index (χ0v) is 14.4. The number of halogens is 3. The summed E-state index contributed by atoms with van der Waals surface area (Å²) in [5, 5.41) is 18.3. The Morgan fingerprint density at radius 3 is 2.23 bits per heavy atom. The van der Waals surface area contributed by atoms with E-state index in [1.165, 1.54) is 18.5 Å². The number of H-pyrrole nitrogens is 1. The topological polar surface area (TPSA) is 80.3 Å². The Morgan fingerprint density at radius 2 is 1.73 bits per heavy atom. The number of nitrogens with one attached hydrogen (secondary N) is 1.